The zero-order valence-electron chi connectivity index (χ0n) is 12.7. The maximum Gasteiger partial charge on any atom is 0.247 e. The van der Waals surface area contributed by atoms with Crippen LogP contribution in [0.15, 0.2) is 11.6 Å². The van der Waals surface area contributed by atoms with Crippen molar-refractivity contribution in [1.82, 2.24) is 5.32 Å². The van der Waals surface area contributed by atoms with E-state index in [0.717, 1.165) is 12.8 Å². The summed E-state index contributed by atoms with van der Waals surface area (Å²) >= 11 is 0. The van der Waals surface area contributed by atoms with E-state index in [9.17, 15) is 9.59 Å². The third-order valence-electron chi connectivity index (χ3n) is 4.07. The number of carbonyl (C=O) groups excluding carboxylic acids is 2. The average Bonchev–Trinajstić information content (AvgIpc) is 2.43. The van der Waals surface area contributed by atoms with Gasteiger partial charge in [0, 0.05) is 12.9 Å². The monoisotopic (exact) mass is 267 g/mol. The molecule has 1 atom stereocenters. The standard InChI is InChI=1S/C16H27NO2.H2/c1-5-12(4)16(19)17-14(15(18)11(2)3)13-9-7-6-8-10-13;/h5,11,13-14H,6-10H2,1-4H3,(H,17,19);1H/b12-5+;/t14-;/m0./s1. The molecule has 1 rings (SSSR count). The molecule has 1 amide bonds. The number of hydrogen-bond donors (Lipinski definition) is 1. The zero-order chi connectivity index (χ0) is 14.4. The quantitative estimate of drug-likeness (QED) is 0.775. The first kappa shape index (κ1) is 15.9. The first-order valence-corrected chi connectivity index (χ1v) is 7.44. The van der Waals surface area contributed by atoms with Crippen LogP contribution in [0.25, 0.3) is 0 Å². The second-order valence-electron chi connectivity index (χ2n) is 5.88. The molecule has 1 aliphatic carbocycles. The van der Waals surface area contributed by atoms with Crippen molar-refractivity contribution < 1.29 is 11.0 Å². The van der Waals surface area contributed by atoms with Crippen LogP contribution in [-0.2, 0) is 9.59 Å². The molecule has 1 N–H and O–H groups in total. The van der Waals surface area contributed by atoms with Gasteiger partial charge in [0.1, 0.15) is 0 Å². The van der Waals surface area contributed by atoms with Crippen molar-refractivity contribution in [1.29, 1.82) is 0 Å². The Labute approximate surface area is 118 Å². The van der Waals surface area contributed by atoms with Gasteiger partial charge in [0.15, 0.2) is 5.78 Å². The minimum Gasteiger partial charge on any atom is -0.342 e. The molecule has 0 radical (unpaired) electrons. The van der Waals surface area contributed by atoms with Gasteiger partial charge in [0.05, 0.1) is 6.04 Å². The van der Waals surface area contributed by atoms with E-state index in [1.807, 2.05) is 20.8 Å². The molecule has 110 valence electrons. The molecular weight excluding hydrogens is 238 g/mol. The molecule has 0 aromatic rings. The molecule has 0 aliphatic heterocycles. The Bertz CT molecular complexity index is 357. The van der Waals surface area contributed by atoms with Gasteiger partial charge in [-0.15, -0.1) is 0 Å². The van der Waals surface area contributed by atoms with Gasteiger partial charge in [-0.1, -0.05) is 39.2 Å². The van der Waals surface area contributed by atoms with Gasteiger partial charge in [0.2, 0.25) is 5.91 Å². The van der Waals surface area contributed by atoms with E-state index in [4.69, 9.17) is 0 Å². The summed E-state index contributed by atoms with van der Waals surface area (Å²) in [5.74, 6) is 0.353. The third-order valence-corrected chi connectivity index (χ3v) is 4.07. The highest BCUT2D eigenvalue weighted by molar-refractivity contribution is 5.97. The van der Waals surface area contributed by atoms with Crippen LogP contribution in [-0.4, -0.2) is 17.7 Å². The fourth-order valence-electron chi connectivity index (χ4n) is 2.63. The number of carbonyl (C=O) groups is 2. The number of hydrogen-bond acceptors (Lipinski definition) is 2. The van der Waals surface area contributed by atoms with E-state index in [-0.39, 0.29) is 25.1 Å². The first-order chi connectivity index (χ1) is 8.97. The van der Waals surface area contributed by atoms with Gasteiger partial charge in [0.25, 0.3) is 0 Å². The van der Waals surface area contributed by atoms with Crippen molar-refractivity contribution in [2.75, 3.05) is 0 Å². The maximum atomic E-state index is 12.4. The predicted octanol–water partition coefficient (Wildman–Crippen LogP) is 3.49. The Balaban J connectivity index is 0.00000361. The predicted molar refractivity (Wildman–Crippen MR) is 79.9 cm³/mol. The number of ketones is 1. The molecule has 1 fully saturated rings. The van der Waals surface area contributed by atoms with E-state index in [0.29, 0.717) is 11.5 Å². The van der Waals surface area contributed by atoms with Crippen molar-refractivity contribution in [3.8, 4) is 0 Å². The number of nitrogens with one attached hydrogen (secondary N) is 1. The SMILES string of the molecule is C/C=C(\C)C(=O)N[C@H](C(=O)C(C)C)C1CCCCC1.[HH]. The van der Waals surface area contributed by atoms with Crippen molar-refractivity contribution in [3.05, 3.63) is 11.6 Å². The van der Waals surface area contributed by atoms with Gasteiger partial charge in [-0.3, -0.25) is 9.59 Å². The summed E-state index contributed by atoms with van der Waals surface area (Å²) in [5.41, 5.74) is 0.678. The normalized spacial score (nSPS) is 19.3. The number of allylic oxidation sites excluding steroid dienone is 1. The molecule has 0 aromatic heterocycles. The van der Waals surface area contributed by atoms with Crippen molar-refractivity contribution >= 4 is 11.7 Å². The van der Waals surface area contributed by atoms with E-state index >= 15 is 0 Å². The van der Waals surface area contributed by atoms with E-state index in [1.165, 1.54) is 19.3 Å². The third kappa shape index (κ3) is 4.48. The maximum absolute atomic E-state index is 12.4. The van der Waals surface area contributed by atoms with E-state index in [2.05, 4.69) is 5.32 Å². The average molecular weight is 267 g/mol. The van der Waals surface area contributed by atoms with E-state index in [1.54, 1.807) is 13.0 Å². The van der Waals surface area contributed by atoms with Crippen LogP contribution in [0.4, 0.5) is 0 Å². The molecule has 3 heteroatoms. The molecule has 1 saturated carbocycles. The molecule has 0 spiro atoms. The number of amides is 1. The first-order valence-electron chi connectivity index (χ1n) is 7.44. The molecule has 0 bridgehead atoms. The summed E-state index contributed by atoms with van der Waals surface area (Å²) in [6.45, 7) is 7.45. The van der Waals surface area contributed by atoms with E-state index < -0.39 is 0 Å². The highest BCUT2D eigenvalue weighted by Gasteiger charge is 2.32. The Hall–Kier alpha value is -1.12. The van der Waals surface area contributed by atoms with Crippen LogP contribution in [0.3, 0.4) is 0 Å². The summed E-state index contributed by atoms with van der Waals surface area (Å²) in [6, 6.07) is -0.303. The molecule has 3 nitrogen and oxygen atoms in total. The fraction of sp³-hybridized carbons (Fsp3) is 0.750. The lowest BCUT2D eigenvalue weighted by Crippen LogP contribution is -2.48. The molecule has 1 aliphatic rings. The van der Waals surface area contributed by atoms with Gasteiger partial charge >= 0.3 is 0 Å². The van der Waals surface area contributed by atoms with Crippen LogP contribution in [0, 0.1) is 11.8 Å². The summed E-state index contributed by atoms with van der Waals surface area (Å²) in [5, 5.41) is 2.96. The largest absolute Gasteiger partial charge is 0.342 e. The Morgan fingerprint density at radius 2 is 1.79 bits per heavy atom. The van der Waals surface area contributed by atoms with Crippen LogP contribution < -0.4 is 5.32 Å². The lowest BCUT2D eigenvalue weighted by Gasteiger charge is -2.31. The number of rotatable bonds is 5. The zero-order valence-corrected chi connectivity index (χ0v) is 12.7. The molecule has 0 saturated heterocycles. The molecule has 0 aromatic carbocycles. The molecule has 0 heterocycles. The van der Waals surface area contributed by atoms with Crippen LogP contribution >= 0.6 is 0 Å². The highest BCUT2D eigenvalue weighted by Crippen LogP contribution is 2.28. The summed E-state index contributed by atoms with van der Waals surface area (Å²) < 4.78 is 0. The van der Waals surface area contributed by atoms with Gasteiger partial charge in [-0.2, -0.15) is 0 Å². The number of Topliss-reactive ketones (excluding diaryl/α,β-unsaturated/α-hetero) is 1. The fourth-order valence-corrected chi connectivity index (χ4v) is 2.63. The van der Waals surface area contributed by atoms with Crippen molar-refractivity contribution in [2.24, 2.45) is 11.8 Å². The minimum atomic E-state index is -0.303. The molecule has 19 heavy (non-hydrogen) atoms. The highest BCUT2D eigenvalue weighted by atomic mass is 16.2. The smallest absolute Gasteiger partial charge is 0.247 e. The van der Waals surface area contributed by atoms with Crippen LogP contribution in [0.2, 0.25) is 0 Å². The van der Waals surface area contributed by atoms with Gasteiger partial charge in [-0.05, 0) is 32.6 Å². The second kappa shape index (κ2) is 7.46. The van der Waals surface area contributed by atoms with Crippen LogP contribution in [0.1, 0.15) is 61.2 Å². The molecular formula is C16H29NO2. The van der Waals surface area contributed by atoms with Crippen molar-refractivity contribution in [2.45, 2.75) is 65.8 Å². The lowest BCUT2D eigenvalue weighted by atomic mass is 9.80. The van der Waals surface area contributed by atoms with Gasteiger partial charge < -0.3 is 5.32 Å². The Morgan fingerprint density at radius 3 is 2.26 bits per heavy atom. The second-order valence-corrected chi connectivity index (χ2v) is 5.88. The Kier molecular flexibility index (Phi) is 6.26. The summed E-state index contributed by atoms with van der Waals surface area (Å²) in [7, 11) is 0. The molecule has 0 unspecified atom stereocenters. The minimum absolute atomic E-state index is 0. The van der Waals surface area contributed by atoms with Crippen molar-refractivity contribution in [3.63, 3.8) is 0 Å². The summed E-state index contributed by atoms with van der Waals surface area (Å²) in [6.07, 6.45) is 7.49. The topological polar surface area (TPSA) is 46.2 Å². The lowest BCUT2D eigenvalue weighted by molar-refractivity contribution is -0.129. The van der Waals surface area contributed by atoms with Gasteiger partial charge in [-0.25, -0.2) is 0 Å². The summed E-state index contributed by atoms with van der Waals surface area (Å²) in [4.78, 5) is 24.4. The van der Waals surface area contributed by atoms with Crippen LogP contribution in [0.5, 0.6) is 0 Å². The Morgan fingerprint density at radius 1 is 1.21 bits per heavy atom.